The van der Waals surface area contributed by atoms with Crippen molar-refractivity contribution < 1.29 is 4.79 Å². The van der Waals surface area contributed by atoms with Crippen molar-refractivity contribution in [1.82, 2.24) is 0 Å². The average Bonchev–Trinajstić information content (AvgIpc) is 2.09. The Morgan fingerprint density at radius 3 is 2.58 bits per heavy atom. The summed E-state index contributed by atoms with van der Waals surface area (Å²) in [5.41, 5.74) is 5.85. The predicted molar refractivity (Wildman–Crippen MR) is 49.8 cm³/mol. The summed E-state index contributed by atoms with van der Waals surface area (Å²) in [6.07, 6.45) is 5.91. The van der Waals surface area contributed by atoms with Crippen LogP contribution in [0.5, 0.6) is 0 Å². The number of carbonyl (C=O) groups is 1. The molecule has 1 fully saturated rings. The summed E-state index contributed by atoms with van der Waals surface area (Å²) in [6.45, 7) is 2.12. The quantitative estimate of drug-likeness (QED) is 0.701. The summed E-state index contributed by atoms with van der Waals surface area (Å²) in [7, 11) is 0. The highest BCUT2D eigenvalue weighted by atomic mass is 16.1. The van der Waals surface area contributed by atoms with Gasteiger partial charge in [-0.2, -0.15) is 0 Å². The van der Waals surface area contributed by atoms with Crippen molar-refractivity contribution in [3.63, 3.8) is 0 Å². The summed E-state index contributed by atoms with van der Waals surface area (Å²) < 4.78 is 0. The molecule has 2 nitrogen and oxygen atoms in total. The topological polar surface area (TPSA) is 43.1 Å². The van der Waals surface area contributed by atoms with Gasteiger partial charge in [-0.05, 0) is 31.6 Å². The van der Waals surface area contributed by atoms with Crippen LogP contribution in [0, 0.1) is 5.92 Å². The van der Waals surface area contributed by atoms with Gasteiger partial charge in [-0.15, -0.1) is 0 Å². The molecule has 0 heterocycles. The number of hydrogen-bond acceptors (Lipinski definition) is 2. The van der Waals surface area contributed by atoms with E-state index < -0.39 is 0 Å². The molecule has 12 heavy (non-hydrogen) atoms. The van der Waals surface area contributed by atoms with Crippen LogP contribution in [-0.4, -0.2) is 11.8 Å². The van der Waals surface area contributed by atoms with Crippen molar-refractivity contribution in [3.05, 3.63) is 0 Å². The first-order valence-corrected chi connectivity index (χ1v) is 4.99. The largest absolute Gasteiger partial charge is 0.328 e. The molecule has 0 spiro atoms. The van der Waals surface area contributed by atoms with Gasteiger partial charge < -0.3 is 5.73 Å². The Morgan fingerprint density at radius 1 is 1.50 bits per heavy atom. The maximum Gasteiger partial charge on any atom is 0.132 e. The molecule has 0 aromatic carbocycles. The van der Waals surface area contributed by atoms with Gasteiger partial charge in [0.1, 0.15) is 5.78 Å². The van der Waals surface area contributed by atoms with Crippen LogP contribution in [0.25, 0.3) is 0 Å². The molecule has 1 aliphatic carbocycles. The summed E-state index contributed by atoms with van der Waals surface area (Å²) in [5, 5.41) is 0. The molecule has 70 valence electrons. The smallest absolute Gasteiger partial charge is 0.132 e. The molecule has 1 rings (SSSR count). The molecule has 1 atom stereocenters. The second kappa shape index (κ2) is 4.61. The van der Waals surface area contributed by atoms with E-state index in [1.165, 1.54) is 0 Å². The first kappa shape index (κ1) is 9.72. The van der Waals surface area contributed by atoms with E-state index in [0.717, 1.165) is 44.4 Å². The third kappa shape index (κ3) is 2.94. The molecule has 0 aromatic heterocycles. The van der Waals surface area contributed by atoms with E-state index in [1.54, 1.807) is 0 Å². The molecule has 0 amide bonds. The standard InChI is InChI=1S/C10H19NO/c1-2-9(11)7-8-3-5-10(12)6-4-8/h8-9H,2-7,11H2,1H3. The van der Waals surface area contributed by atoms with Gasteiger partial charge in [0.05, 0.1) is 0 Å². The lowest BCUT2D eigenvalue weighted by Crippen LogP contribution is -2.25. The zero-order chi connectivity index (χ0) is 8.97. The molecule has 0 aromatic rings. The van der Waals surface area contributed by atoms with Crippen molar-refractivity contribution in [2.24, 2.45) is 11.7 Å². The highest BCUT2D eigenvalue weighted by Crippen LogP contribution is 2.25. The van der Waals surface area contributed by atoms with Gasteiger partial charge in [-0.1, -0.05) is 6.92 Å². The molecule has 0 aliphatic heterocycles. The Bertz CT molecular complexity index is 146. The molecule has 1 unspecified atom stereocenters. The SMILES string of the molecule is CCC(N)CC1CCC(=O)CC1. The van der Waals surface area contributed by atoms with E-state index in [2.05, 4.69) is 6.92 Å². The lowest BCUT2D eigenvalue weighted by atomic mass is 9.84. The Kier molecular flexibility index (Phi) is 3.73. The normalized spacial score (nSPS) is 22.7. The number of nitrogens with two attached hydrogens (primary N) is 1. The van der Waals surface area contributed by atoms with E-state index in [0.29, 0.717) is 11.8 Å². The molecule has 0 saturated heterocycles. The second-order valence-corrected chi connectivity index (χ2v) is 3.89. The Hall–Kier alpha value is -0.370. The molecule has 1 saturated carbocycles. The van der Waals surface area contributed by atoms with E-state index in [9.17, 15) is 4.79 Å². The predicted octanol–water partition coefficient (Wildman–Crippen LogP) is 1.87. The van der Waals surface area contributed by atoms with Crippen LogP contribution in [0.2, 0.25) is 0 Å². The second-order valence-electron chi connectivity index (χ2n) is 3.89. The summed E-state index contributed by atoms with van der Waals surface area (Å²) in [5.74, 6) is 1.16. The van der Waals surface area contributed by atoms with Crippen LogP contribution in [-0.2, 0) is 4.79 Å². The summed E-state index contributed by atoms with van der Waals surface area (Å²) in [6, 6.07) is 0.350. The minimum Gasteiger partial charge on any atom is -0.328 e. The fourth-order valence-electron chi connectivity index (χ4n) is 1.83. The van der Waals surface area contributed by atoms with Gasteiger partial charge in [0.2, 0.25) is 0 Å². The third-order valence-corrected chi connectivity index (χ3v) is 2.82. The maximum absolute atomic E-state index is 10.9. The van der Waals surface area contributed by atoms with E-state index in [-0.39, 0.29) is 0 Å². The highest BCUT2D eigenvalue weighted by molar-refractivity contribution is 5.78. The fraction of sp³-hybridized carbons (Fsp3) is 0.900. The fourth-order valence-corrected chi connectivity index (χ4v) is 1.83. The Balaban J connectivity index is 2.21. The summed E-state index contributed by atoms with van der Waals surface area (Å²) >= 11 is 0. The van der Waals surface area contributed by atoms with Crippen LogP contribution in [0.1, 0.15) is 45.4 Å². The van der Waals surface area contributed by atoms with Gasteiger partial charge in [0.15, 0.2) is 0 Å². The monoisotopic (exact) mass is 169 g/mol. The van der Waals surface area contributed by atoms with Gasteiger partial charge in [0, 0.05) is 18.9 Å². The van der Waals surface area contributed by atoms with Crippen LogP contribution in [0.15, 0.2) is 0 Å². The molecule has 2 heteroatoms. The third-order valence-electron chi connectivity index (χ3n) is 2.82. The zero-order valence-corrected chi connectivity index (χ0v) is 7.88. The Labute approximate surface area is 74.5 Å². The first-order chi connectivity index (χ1) is 5.72. The average molecular weight is 169 g/mol. The number of carbonyl (C=O) groups excluding carboxylic acids is 1. The Morgan fingerprint density at radius 2 is 2.08 bits per heavy atom. The van der Waals surface area contributed by atoms with Gasteiger partial charge in [-0.3, -0.25) is 4.79 Å². The van der Waals surface area contributed by atoms with Crippen molar-refractivity contribution in [3.8, 4) is 0 Å². The van der Waals surface area contributed by atoms with Crippen molar-refractivity contribution >= 4 is 5.78 Å². The van der Waals surface area contributed by atoms with Crippen LogP contribution in [0.4, 0.5) is 0 Å². The summed E-state index contributed by atoms with van der Waals surface area (Å²) in [4.78, 5) is 10.9. The van der Waals surface area contributed by atoms with E-state index >= 15 is 0 Å². The number of ketones is 1. The number of Topliss-reactive ketones (excluding diaryl/α,β-unsaturated/α-hetero) is 1. The zero-order valence-electron chi connectivity index (χ0n) is 7.88. The minimum absolute atomic E-state index is 0.350. The van der Waals surface area contributed by atoms with Gasteiger partial charge >= 0.3 is 0 Å². The van der Waals surface area contributed by atoms with Gasteiger partial charge in [-0.25, -0.2) is 0 Å². The van der Waals surface area contributed by atoms with Crippen molar-refractivity contribution in [2.75, 3.05) is 0 Å². The van der Waals surface area contributed by atoms with E-state index in [1.807, 2.05) is 0 Å². The first-order valence-electron chi connectivity index (χ1n) is 4.99. The molecule has 2 N–H and O–H groups in total. The number of hydrogen-bond donors (Lipinski definition) is 1. The lowest BCUT2D eigenvalue weighted by molar-refractivity contribution is -0.121. The molecular weight excluding hydrogens is 150 g/mol. The lowest BCUT2D eigenvalue weighted by Gasteiger charge is -2.23. The molecule has 0 radical (unpaired) electrons. The van der Waals surface area contributed by atoms with Crippen LogP contribution < -0.4 is 5.73 Å². The molecule has 1 aliphatic rings. The van der Waals surface area contributed by atoms with Crippen molar-refractivity contribution in [2.45, 2.75) is 51.5 Å². The highest BCUT2D eigenvalue weighted by Gasteiger charge is 2.19. The van der Waals surface area contributed by atoms with Gasteiger partial charge in [0.25, 0.3) is 0 Å². The number of rotatable bonds is 3. The van der Waals surface area contributed by atoms with Crippen molar-refractivity contribution in [1.29, 1.82) is 0 Å². The maximum atomic E-state index is 10.9. The van der Waals surface area contributed by atoms with E-state index in [4.69, 9.17) is 5.73 Å². The molecule has 0 bridgehead atoms. The van der Waals surface area contributed by atoms with Crippen LogP contribution in [0.3, 0.4) is 0 Å². The van der Waals surface area contributed by atoms with Crippen LogP contribution >= 0.6 is 0 Å². The minimum atomic E-state index is 0.350. The molecular formula is C10H19NO.